The lowest BCUT2D eigenvalue weighted by Gasteiger charge is -2.24. The monoisotopic (exact) mass is 417 g/mol. The number of benzene rings is 1. The van der Waals surface area contributed by atoms with Gasteiger partial charge < -0.3 is 34.2 Å². The van der Waals surface area contributed by atoms with E-state index in [1.54, 1.807) is 18.2 Å². The van der Waals surface area contributed by atoms with E-state index in [-0.39, 0.29) is 18.8 Å². The van der Waals surface area contributed by atoms with Gasteiger partial charge in [-0.15, -0.1) is 0 Å². The van der Waals surface area contributed by atoms with E-state index in [0.717, 1.165) is 0 Å². The van der Waals surface area contributed by atoms with Crippen molar-refractivity contribution in [3.63, 3.8) is 0 Å². The molecule has 0 bridgehead atoms. The molecule has 0 spiro atoms. The number of hydrogen-bond acceptors (Lipinski definition) is 8. The van der Waals surface area contributed by atoms with Crippen LogP contribution in [0.4, 0.5) is 11.5 Å². The molecule has 10 heteroatoms. The molecule has 1 aromatic carbocycles. The average Bonchev–Trinajstić information content (AvgIpc) is 3.14. The summed E-state index contributed by atoms with van der Waals surface area (Å²) in [4.78, 5) is 20.0. The number of ether oxygens (including phenoxy) is 4. The molecule has 1 unspecified atom stereocenters. The number of fused-ring (bicyclic) bond motifs is 2. The minimum Gasteiger partial charge on any atom is -0.491 e. The number of rotatable bonds is 7. The smallest absolute Gasteiger partial charge is 0.351 e. The highest BCUT2D eigenvalue weighted by atomic mass is 16.6. The van der Waals surface area contributed by atoms with E-state index in [1.807, 2.05) is 0 Å². The molecular formula is C20H22N4O6. The first-order valence-corrected chi connectivity index (χ1v) is 9.43. The van der Waals surface area contributed by atoms with Crippen molar-refractivity contribution >= 4 is 11.5 Å². The molecule has 2 aliphatic heterocycles. The zero-order valence-corrected chi connectivity index (χ0v) is 16.0. The van der Waals surface area contributed by atoms with Crippen LogP contribution in [0.25, 0.3) is 4.85 Å². The molecule has 10 nitrogen and oxygen atoms in total. The van der Waals surface area contributed by atoms with Crippen LogP contribution in [0, 0.1) is 6.57 Å². The number of anilines is 2. The first-order valence-electron chi connectivity index (χ1n) is 10.6. The Balaban J connectivity index is 1.51. The van der Waals surface area contributed by atoms with Crippen molar-refractivity contribution in [2.75, 3.05) is 32.1 Å². The van der Waals surface area contributed by atoms with Crippen molar-refractivity contribution in [1.29, 1.82) is 0 Å². The first-order chi connectivity index (χ1) is 15.5. The van der Waals surface area contributed by atoms with Crippen LogP contribution in [-0.4, -0.2) is 53.7 Å². The summed E-state index contributed by atoms with van der Waals surface area (Å²) in [5.74, 6) is 1.54. The molecular weight excluding hydrogens is 392 g/mol. The second-order valence-electron chi connectivity index (χ2n) is 6.85. The lowest BCUT2D eigenvalue weighted by Crippen LogP contribution is -2.29. The number of para-hydroxylation sites is 1. The van der Waals surface area contributed by atoms with Gasteiger partial charge in [-0.2, -0.15) is 4.98 Å². The van der Waals surface area contributed by atoms with Gasteiger partial charge >= 0.3 is 5.69 Å². The largest absolute Gasteiger partial charge is 0.491 e. The Morgan fingerprint density at radius 3 is 3.30 bits per heavy atom. The Labute approximate surface area is 175 Å². The molecule has 2 aromatic rings. The number of hydrogen-bond donors (Lipinski definition) is 2. The lowest BCUT2D eigenvalue weighted by molar-refractivity contribution is -0.0547. The highest BCUT2D eigenvalue weighted by Crippen LogP contribution is 2.45. The van der Waals surface area contributed by atoms with Gasteiger partial charge in [0.25, 0.3) is 0 Å². The fourth-order valence-electron chi connectivity index (χ4n) is 3.35. The number of aliphatic hydroxyl groups is 1. The maximum Gasteiger partial charge on any atom is 0.351 e. The van der Waals surface area contributed by atoms with Crippen molar-refractivity contribution in [3.05, 3.63) is 46.3 Å². The number of methoxy groups -OCH3 is 1. The molecule has 30 heavy (non-hydrogen) atoms. The second-order valence-corrected chi connectivity index (χ2v) is 6.85. The minimum atomic E-state index is -1.49. The van der Waals surface area contributed by atoms with Gasteiger partial charge in [0.15, 0.2) is 17.3 Å². The van der Waals surface area contributed by atoms with Crippen molar-refractivity contribution in [2.45, 2.75) is 31.3 Å². The van der Waals surface area contributed by atoms with Gasteiger partial charge in [-0.1, -0.05) is 6.07 Å². The summed E-state index contributed by atoms with van der Waals surface area (Å²) in [6.07, 6.45) is -0.283. The van der Waals surface area contributed by atoms with Crippen molar-refractivity contribution in [3.8, 4) is 17.2 Å². The molecule has 1 aromatic heterocycles. The lowest BCUT2D eigenvalue weighted by atomic mass is 10.2. The van der Waals surface area contributed by atoms with Gasteiger partial charge in [0.1, 0.15) is 23.8 Å². The molecule has 4 atom stereocenters. The fraction of sp³-hybridized carbons (Fsp3) is 0.450. The maximum atomic E-state index is 12.6. The zero-order chi connectivity index (χ0) is 22.7. The van der Waals surface area contributed by atoms with Crippen LogP contribution in [0.3, 0.4) is 0 Å². The normalized spacial score (nSPS) is 23.7. The van der Waals surface area contributed by atoms with E-state index in [2.05, 4.69) is 15.1 Å². The van der Waals surface area contributed by atoms with Gasteiger partial charge in [-0.3, -0.25) is 4.57 Å². The molecule has 1 saturated heterocycles. The van der Waals surface area contributed by atoms with Gasteiger partial charge in [0, 0.05) is 13.5 Å². The Kier molecular flexibility index (Phi) is 5.14. The summed E-state index contributed by atoms with van der Waals surface area (Å²) in [6, 6.07) is 5.27. The summed E-state index contributed by atoms with van der Waals surface area (Å²) in [7, 11) is -1.49. The Morgan fingerprint density at radius 1 is 1.57 bits per heavy atom. The molecule has 2 aliphatic rings. The fourth-order valence-corrected chi connectivity index (χ4v) is 3.35. The molecule has 2 N–H and O–H groups in total. The first kappa shape index (κ1) is 17.7. The molecule has 0 saturated carbocycles. The third-order valence-electron chi connectivity index (χ3n) is 4.82. The summed E-state index contributed by atoms with van der Waals surface area (Å²) < 4.78 is 37.7. The third-order valence-corrected chi connectivity index (χ3v) is 4.82. The van der Waals surface area contributed by atoms with Crippen LogP contribution in [0.1, 0.15) is 21.8 Å². The van der Waals surface area contributed by atoms with Gasteiger partial charge in [-0.05, 0) is 12.1 Å². The van der Waals surface area contributed by atoms with E-state index < -0.39 is 31.2 Å². The Hall–Kier alpha value is -3.13. The van der Waals surface area contributed by atoms with Crippen molar-refractivity contribution in [1.82, 2.24) is 9.55 Å². The second kappa shape index (κ2) is 8.71. The molecule has 1 fully saturated rings. The maximum absolute atomic E-state index is 12.6. The number of aromatic nitrogens is 2. The van der Waals surface area contributed by atoms with Crippen molar-refractivity contribution < 1.29 is 26.8 Å². The predicted molar refractivity (Wildman–Crippen MR) is 106 cm³/mol. The van der Waals surface area contributed by atoms with Gasteiger partial charge in [-0.25, -0.2) is 11.4 Å². The average molecular weight is 417 g/mol. The summed E-state index contributed by atoms with van der Waals surface area (Å²) in [6.45, 7) is 7.44. The Morgan fingerprint density at radius 2 is 2.47 bits per heavy atom. The van der Waals surface area contributed by atoms with E-state index in [9.17, 15) is 9.90 Å². The van der Waals surface area contributed by atoms with E-state index in [4.69, 9.17) is 28.3 Å². The number of nitrogens with zero attached hydrogens (tertiary/aromatic N) is 3. The third kappa shape index (κ3) is 3.95. The topological polar surface area (TPSA) is 108 Å². The molecule has 0 amide bonds. The summed E-state index contributed by atoms with van der Waals surface area (Å²) in [5, 5.41) is 13.3. The van der Waals surface area contributed by atoms with E-state index >= 15 is 0 Å². The SMILES string of the molecule is [2H]C([3H])OC[C@H]1O[C@@H](n2cc3c(nc2=O)Nc2c(OCCC[N+]#[C-])cccc2O3)C[C@H]1O. The van der Waals surface area contributed by atoms with Crippen LogP contribution in [0.15, 0.2) is 29.2 Å². The minimum absolute atomic E-state index is 0.127. The molecule has 0 radical (unpaired) electrons. The Bertz CT molecular complexity index is 1070. The van der Waals surface area contributed by atoms with Gasteiger partial charge in [0.05, 0.1) is 34.7 Å². The predicted octanol–water partition coefficient (Wildman–Crippen LogP) is 2.08. The van der Waals surface area contributed by atoms with Crippen molar-refractivity contribution in [2.24, 2.45) is 0 Å². The number of nitrogens with one attached hydrogen (secondary N) is 1. The molecule has 158 valence electrons. The zero-order valence-electron chi connectivity index (χ0n) is 18.0. The van der Waals surface area contributed by atoms with Crippen LogP contribution in [0.5, 0.6) is 17.2 Å². The highest BCUT2D eigenvalue weighted by Gasteiger charge is 2.36. The molecule has 4 rings (SSSR count). The standard InChI is InChI=1S/C20H22N4O6/c1-21-7-4-8-28-13-5-3-6-14-18(13)22-19-15(29-14)10-24(20(26)23-19)17-9-12(25)16(30-17)11-27-2/h3,5-6,10,12,16-17,25H,4,7-9,11H2,2H3,(H,22,23,26)/t12-,16-,17-/m1/s1/i2TD/t2?,12-,16-,17-. The quantitative estimate of drug-likeness (QED) is 0.444. The summed E-state index contributed by atoms with van der Waals surface area (Å²) >= 11 is 0. The highest BCUT2D eigenvalue weighted by molar-refractivity contribution is 5.77. The van der Waals surface area contributed by atoms with Crippen LogP contribution in [-0.2, 0) is 9.47 Å². The van der Waals surface area contributed by atoms with Crippen LogP contribution < -0.4 is 20.5 Å². The van der Waals surface area contributed by atoms with Crippen LogP contribution in [0.2, 0.25) is 0 Å². The number of aliphatic hydroxyl groups excluding tert-OH is 1. The van der Waals surface area contributed by atoms with Crippen LogP contribution >= 0.6 is 0 Å². The molecule has 3 heterocycles. The van der Waals surface area contributed by atoms with E-state index in [1.165, 1.54) is 10.8 Å². The van der Waals surface area contributed by atoms with Gasteiger partial charge in [0.2, 0.25) is 6.54 Å². The summed E-state index contributed by atoms with van der Waals surface area (Å²) in [5.41, 5.74) is -0.0612. The van der Waals surface area contributed by atoms with E-state index in [0.29, 0.717) is 42.5 Å². The molecule has 0 aliphatic carbocycles.